The van der Waals surface area contributed by atoms with E-state index in [1.807, 2.05) is 6.07 Å². The molecule has 5 nitrogen and oxygen atoms in total. The van der Waals surface area contributed by atoms with Crippen molar-refractivity contribution in [3.05, 3.63) is 82.6 Å². The van der Waals surface area contributed by atoms with Crippen molar-refractivity contribution in [1.82, 2.24) is 4.90 Å². The lowest BCUT2D eigenvalue weighted by Crippen LogP contribution is -2.36. The summed E-state index contributed by atoms with van der Waals surface area (Å²) in [6.07, 6.45) is 4.63. The number of aliphatic hydroxyl groups is 1. The van der Waals surface area contributed by atoms with Crippen LogP contribution in [0.4, 0.5) is 0 Å². The van der Waals surface area contributed by atoms with Crippen molar-refractivity contribution in [2.45, 2.75) is 45.1 Å². The van der Waals surface area contributed by atoms with Crippen LogP contribution in [0.15, 0.2) is 65.4 Å². The maximum atomic E-state index is 12.8. The fourth-order valence-corrected chi connectivity index (χ4v) is 4.40. The van der Waals surface area contributed by atoms with Gasteiger partial charge in [-0.15, -0.1) is 0 Å². The third-order valence-corrected chi connectivity index (χ3v) is 5.94. The third kappa shape index (κ3) is 5.48. The average Bonchev–Trinajstić information content (AvgIpc) is 3.21. The van der Waals surface area contributed by atoms with Gasteiger partial charge in [0.05, 0.1) is 6.21 Å². The molecule has 3 rings (SSSR count). The maximum Gasteiger partial charge on any atom is 0.250 e. The molecule has 0 saturated carbocycles. The van der Waals surface area contributed by atoms with Crippen LogP contribution in [0.1, 0.15) is 47.4 Å². The largest absolute Gasteiger partial charge is 0.504 e. The number of aliphatic hydroxyl groups excluding tert-OH is 1. The molecule has 0 aromatic heterocycles. The summed E-state index contributed by atoms with van der Waals surface area (Å²) in [5, 5.41) is 9.94. The smallest absolute Gasteiger partial charge is 0.250 e. The Morgan fingerprint density at radius 3 is 2.68 bits per heavy atom. The molecule has 1 amide bonds. The van der Waals surface area contributed by atoms with Crippen LogP contribution in [0.3, 0.4) is 0 Å². The summed E-state index contributed by atoms with van der Waals surface area (Å²) in [7, 11) is 1.44. The molecule has 0 spiro atoms. The van der Waals surface area contributed by atoms with E-state index in [0.29, 0.717) is 6.54 Å². The standard InChI is InChI=1S/C26H30N2O3/c1-18-8-6-10-20(14-18)23(22-12-5-4-9-19(22)2)15-21-11-7-13-28(21)26(31)16-24(29)25(30)17-27-3/h4-6,8-10,12,14,16-17,21,23,29H,7,11,13,15H2,1-3H3/b24-16-,27-17?/t21-,23+/m1/s1. The first-order valence-corrected chi connectivity index (χ1v) is 10.7. The number of benzene rings is 2. The van der Waals surface area contributed by atoms with Crippen LogP contribution in [0.5, 0.6) is 0 Å². The predicted molar refractivity (Wildman–Crippen MR) is 124 cm³/mol. The second-order valence-electron chi connectivity index (χ2n) is 8.17. The molecule has 0 aliphatic carbocycles. The summed E-state index contributed by atoms with van der Waals surface area (Å²) in [5.41, 5.74) is 4.94. The van der Waals surface area contributed by atoms with Gasteiger partial charge >= 0.3 is 0 Å². The number of hydrogen-bond donors (Lipinski definition) is 1. The topological polar surface area (TPSA) is 70.0 Å². The number of hydrogen-bond acceptors (Lipinski definition) is 4. The molecule has 1 heterocycles. The number of allylic oxidation sites excluding steroid dienone is 1. The molecule has 2 aromatic rings. The average molecular weight is 419 g/mol. The molecule has 31 heavy (non-hydrogen) atoms. The Kier molecular flexibility index (Phi) is 7.40. The highest BCUT2D eigenvalue weighted by Gasteiger charge is 2.32. The van der Waals surface area contributed by atoms with Crippen LogP contribution in [-0.4, -0.2) is 47.5 Å². The highest BCUT2D eigenvalue weighted by Crippen LogP contribution is 2.35. The first kappa shape index (κ1) is 22.5. The highest BCUT2D eigenvalue weighted by molar-refractivity contribution is 6.34. The predicted octanol–water partition coefficient (Wildman–Crippen LogP) is 4.53. The Morgan fingerprint density at radius 2 is 1.97 bits per heavy atom. The van der Waals surface area contributed by atoms with Gasteiger partial charge in [-0.1, -0.05) is 54.1 Å². The minimum absolute atomic E-state index is 0.0385. The second-order valence-corrected chi connectivity index (χ2v) is 8.17. The Morgan fingerprint density at radius 1 is 1.19 bits per heavy atom. The quantitative estimate of drug-likeness (QED) is 0.408. The molecule has 5 heteroatoms. The normalized spacial score (nSPS) is 17.8. The lowest BCUT2D eigenvalue weighted by molar-refractivity contribution is -0.127. The molecule has 1 fully saturated rings. The van der Waals surface area contributed by atoms with Crippen LogP contribution in [-0.2, 0) is 9.59 Å². The first-order chi connectivity index (χ1) is 14.9. The van der Waals surface area contributed by atoms with Gasteiger partial charge in [0.15, 0.2) is 5.76 Å². The lowest BCUT2D eigenvalue weighted by atomic mass is 9.83. The summed E-state index contributed by atoms with van der Waals surface area (Å²) in [4.78, 5) is 30.0. The van der Waals surface area contributed by atoms with Crippen LogP contribution >= 0.6 is 0 Å². The Hall–Kier alpha value is -3.21. The Balaban J connectivity index is 1.88. The van der Waals surface area contributed by atoms with Crippen molar-refractivity contribution in [1.29, 1.82) is 0 Å². The molecule has 1 N–H and O–H groups in total. The van der Waals surface area contributed by atoms with E-state index in [9.17, 15) is 14.7 Å². The fourth-order valence-electron chi connectivity index (χ4n) is 4.40. The minimum Gasteiger partial charge on any atom is -0.504 e. The number of amides is 1. The maximum absolute atomic E-state index is 12.8. The van der Waals surface area contributed by atoms with E-state index >= 15 is 0 Å². The van der Waals surface area contributed by atoms with Crippen LogP contribution < -0.4 is 0 Å². The number of rotatable bonds is 7. The van der Waals surface area contributed by atoms with E-state index in [2.05, 4.69) is 61.3 Å². The van der Waals surface area contributed by atoms with Gasteiger partial charge in [0, 0.05) is 31.6 Å². The lowest BCUT2D eigenvalue weighted by Gasteiger charge is -2.29. The minimum atomic E-state index is -0.663. The van der Waals surface area contributed by atoms with E-state index in [-0.39, 0.29) is 17.9 Å². The van der Waals surface area contributed by atoms with E-state index in [0.717, 1.165) is 31.6 Å². The van der Waals surface area contributed by atoms with Crippen molar-refractivity contribution >= 4 is 17.9 Å². The number of likely N-dealkylation sites (tertiary alicyclic amines) is 1. The molecule has 1 aliphatic heterocycles. The van der Waals surface area contributed by atoms with Gasteiger partial charge < -0.3 is 10.0 Å². The van der Waals surface area contributed by atoms with Crippen molar-refractivity contribution in [2.24, 2.45) is 4.99 Å². The molecule has 0 unspecified atom stereocenters. The van der Waals surface area contributed by atoms with Gasteiger partial charge in [-0.25, -0.2) is 0 Å². The van der Waals surface area contributed by atoms with Crippen molar-refractivity contribution in [3.8, 4) is 0 Å². The van der Waals surface area contributed by atoms with Crippen LogP contribution in [0.25, 0.3) is 0 Å². The number of carbonyl (C=O) groups is 2. The molecular weight excluding hydrogens is 388 g/mol. The Bertz CT molecular complexity index is 1010. The van der Waals surface area contributed by atoms with Gasteiger partial charge in [-0.05, 0) is 49.8 Å². The first-order valence-electron chi connectivity index (χ1n) is 10.7. The zero-order chi connectivity index (χ0) is 22.4. The van der Waals surface area contributed by atoms with Gasteiger partial charge in [0.25, 0.3) is 5.91 Å². The second kappa shape index (κ2) is 10.2. The SMILES string of the molecule is CN=CC(=O)/C(O)=C/C(=O)N1CCC[C@@H]1C[C@@H](c1cccc(C)c1)c1ccccc1C. The van der Waals surface area contributed by atoms with E-state index in [1.165, 1.54) is 29.3 Å². The van der Waals surface area contributed by atoms with Crippen LogP contribution in [0.2, 0.25) is 0 Å². The summed E-state index contributed by atoms with van der Waals surface area (Å²) in [6, 6.07) is 17.0. The molecular formula is C26H30N2O3. The van der Waals surface area contributed by atoms with Crippen molar-refractivity contribution in [2.75, 3.05) is 13.6 Å². The zero-order valence-electron chi connectivity index (χ0n) is 18.4. The van der Waals surface area contributed by atoms with E-state index < -0.39 is 11.5 Å². The van der Waals surface area contributed by atoms with Crippen LogP contribution in [0, 0.1) is 13.8 Å². The molecule has 1 aliphatic rings. The van der Waals surface area contributed by atoms with Gasteiger partial charge in [0.1, 0.15) is 0 Å². The number of nitrogens with zero attached hydrogens (tertiary/aromatic N) is 2. The summed E-state index contributed by atoms with van der Waals surface area (Å²) >= 11 is 0. The van der Waals surface area contributed by atoms with E-state index in [4.69, 9.17) is 0 Å². The molecule has 2 aromatic carbocycles. The van der Waals surface area contributed by atoms with Gasteiger partial charge in [-0.2, -0.15) is 0 Å². The Labute approximate surface area is 184 Å². The molecule has 162 valence electrons. The summed E-state index contributed by atoms with van der Waals surface area (Å²) in [6.45, 7) is 4.84. The molecule has 2 atom stereocenters. The third-order valence-electron chi connectivity index (χ3n) is 5.94. The number of aryl methyl sites for hydroxylation is 2. The molecule has 0 bridgehead atoms. The van der Waals surface area contributed by atoms with Crippen molar-refractivity contribution in [3.63, 3.8) is 0 Å². The molecule has 0 radical (unpaired) electrons. The molecule has 1 saturated heterocycles. The monoisotopic (exact) mass is 418 g/mol. The summed E-state index contributed by atoms with van der Waals surface area (Å²) < 4.78 is 0. The zero-order valence-corrected chi connectivity index (χ0v) is 18.4. The number of aliphatic imine (C=N–C) groups is 1. The van der Waals surface area contributed by atoms with Gasteiger partial charge in [-0.3, -0.25) is 14.6 Å². The number of Topliss-reactive ketones (excluding diaryl/α,β-unsaturated/α-hetero) is 1. The van der Waals surface area contributed by atoms with Gasteiger partial charge in [0.2, 0.25) is 5.78 Å². The fraction of sp³-hybridized carbons (Fsp3) is 0.346. The number of carbonyl (C=O) groups excluding carboxylic acids is 2. The number of ketones is 1. The summed E-state index contributed by atoms with van der Waals surface area (Å²) in [5.74, 6) is -1.41. The van der Waals surface area contributed by atoms with Crippen molar-refractivity contribution < 1.29 is 14.7 Å². The highest BCUT2D eigenvalue weighted by atomic mass is 16.3. The van der Waals surface area contributed by atoms with E-state index in [1.54, 1.807) is 4.90 Å².